The van der Waals surface area contributed by atoms with E-state index in [1.165, 1.54) is 10.5 Å². The van der Waals surface area contributed by atoms with E-state index >= 15 is 0 Å². The van der Waals surface area contributed by atoms with Gasteiger partial charge >= 0.3 is 6.03 Å². The summed E-state index contributed by atoms with van der Waals surface area (Å²) in [5.74, 6) is -0.116. The second-order valence-corrected chi connectivity index (χ2v) is 7.02. The minimum absolute atomic E-state index is 0.116. The van der Waals surface area contributed by atoms with Gasteiger partial charge in [-0.3, -0.25) is 9.69 Å². The summed E-state index contributed by atoms with van der Waals surface area (Å²) < 4.78 is 0. The summed E-state index contributed by atoms with van der Waals surface area (Å²) >= 11 is 0. The topological polar surface area (TPSA) is 49.4 Å². The number of nitrogens with zero attached hydrogens (tertiary/aromatic N) is 1. The lowest BCUT2D eigenvalue weighted by atomic mass is 9.84. The van der Waals surface area contributed by atoms with Gasteiger partial charge in [0.2, 0.25) is 0 Å². The Balaban J connectivity index is 1.73. The molecule has 2 aromatic carbocycles. The lowest BCUT2D eigenvalue weighted by Gasteiger charge is -2.27. The first-order valence-electron chi connectivity index (χ1n) is 8.89. The molecule has 1 saturated heterocycles. The van der Waals surface area contributed by atoms with Gasteiger partial charge in [-0.15, -0.1) is 0 Å². The van der Waals surface area contributed by atoms with Crippen molar-refractivity contribution in [1.29, 1.82) is 0 Å². The molecule has 4 heteroatoms. The number of carbonyl (C=O) groups is 2. The van der Waals surface area contributed by atoms with Crippen LogP contribution < -0.4 is 5.32 Å². The highest BCUT2D eigenvalue weighted by molar-refractivity contribution is 6.07. The van der Waals surface area contributed by atoms with Crippen molar-refractivity contribution in [2.75, 3.05) is 0 Å². The molecule has 1 atom stereocenters. The largest absolute Gasteiger partial charge is 0.325 e. The number of benzene rings is 2. The zero-order valence-corrected chi connectivity index (χ0v) is 14.4. The molecule has 1 unspecified atom stereocenters. The summed E-state index contributed by atoms with van der Waals surface area (Å²) in [6, 6.07) is 15.6. The molecule has 1 N–H and O–H groups in total. The Kier molecular flexibility index (Phi) is 3.83. The monoisotopic (exact) mass is 334 g/mol. The molecule has 0 saturated carbocycles. The van der Waals surface area contributed by atoms with E-state index in [0.29, 0.717) is 13.0 Å². The second kappa shape index (κ2) is 6.03. The molecule has 3 amide bonds. The molecule has 1 spiro atoms. The number of hydrogen-bond donors (Lipinski definition) is 1. The molecular formula is C21H22N2O2. The minimum atomic E-state index is -0.896. The van der Waals surface area contributed by atoms with Crippen LogP contribution >= 0.6 is 0 Å². The van der Waals surface area contributed by atoms with Gasteiger partial charge in [0.25, 0.3) is 5.91 Å². The minimum Gasteiger partial charge on any atom is -0.319 e. The third kappa shape index (κ3) is 2.53. The summed E-state index contributed by atoms with van der Waals surface area (Å²) in [6.45, 7) is 2.33. The predicted octanol–water partition coefficient (Wildman–Crippen LogP) is 3.67. The Labute approximate surface area is 147 Å². The van der Waals surface area contributed by atoms with E-state index in [9.17, 15) is 9.59 Å². The average molecular weight is 334 g/mol. The quantitative estimate of drug-likeness (QED) is 0.852. The molecule has 1 aliphatic heterocycles. The number of nitrogens with one attached hydrogen (secondary N) is 1. The highest BCUT2D eigenvalue weighted by Gasteiger charge is 2.53. The van der Waals surface area contributed by atoms with Crippen LogP contribution in [0.4, 0.5) is 4.79 Å². The van der Waals surface area contributed by atoms with E-state index in [0.717, 1.165) is 36.0 Å². The van der Waals surface area contributed by atoms with Crippen LogP contribution in [0.5, 0.6) is 0 Å². The van der Waals surface area contributed by atoms with E-state index in [1.54, 1.807) is 0 Å². The first kappa shape index (κ1) is 15.9. The molecule has 1 fully saturated rings. The van der Waals surface area contributed by atoms with Crippen molar-refractivity contribution in [1.82, 2.24) is 10.2 Å². The molecule has 1 heterocycles. The van der Waals surface area contributed by atoms with Gasteiger partial charge in [-0.25, -0.2) is 4.79 Å². The number of aryl methyl sites for hydroxylation is 2. The SMILES string of the molecule is Cc1ccccc1CN1C(=O)NC2(CCCCc3ccccc32)C1=O. The second-order valence-electron chi connectivity index (χ2n) is 7.02. The molecule has 0 aromatic heterocycles. The molecule has 2 aromatic rings. The van der Waals surface area contributed by atoms with E-state index in [4.69, 9.17) is 0 Å². The number of fused-ring (bicyclic) bond motifs is 2. The van der Waals surface area contributed by atoms with Crippen LogP contribution in [-0.2, 0) is 23.3 Å². The van der Waals surface area contributed by atoms with Gasteiger partial charge in [-0.1, -0.05) is 48.5 Å². The molecule has 0 bridgehead atoms. The van der Waals surface area contributed by atoms with E-state index in [2.05, 4.69) is 11.4 Å². The van der Waals surface area contributed by atoms with Gasteiger partial charge in [-0.2, -0.15) is 0 Å². The number of carbonyl (C=O) groups excluding carboxylic acids is 2. The normalized spacial score (nSPS) is 22.7. The third-order valence-electron chi connectivity index (χ3n) is 5.49. The number of rotatable bonds is 2. The fourth-order valence-corrected chi connectivity index (χ4v) is 4.07. The number of hydrogen-bond acceptors (Lipinski definition) is 2. The molecule has 4 nitrogen and oxygen atoms in total. The predicted molar refractivity (Wildman–Crippen MR) is 95.9 cm³/mol. The van der Waals surface area contributed by atoms with Crippen molar-refractivity contribution in [3.8, 4) is 0 Å². The Bertz CT molecular complexity index is 845. The molecule has 4 rings (SSSR count). The van der Waals surface area contributed by atoms with Crippen LogP contribution in [0.15, 0.2) is 48.5 Å². The number of amides is 3. The van der Waals surface area contributed by atoms with Crippen LogP contribution in [0, 0.1) is 6.92 Å². The summed E-state index contributed by atoms with van der Waals surface area (Å²) in [4.78, 5) is 27.4. The van der Waals surface area contributed by atoms with Crippen molar-refractivity contribution in [2.45, 2.75) is 44.7 Å². The highest BCUT2D eigenvalue weighted by atomic mass is 16.2. The van der Waals surface area contributed by atoms with Gasteiger partial charge in [0.15, 0.2) is 0 Å². The lowest BCUT2D eigenvalue weighted by molar-refractivity contribution is -0.132. The van der Waals surface area contributed by atoms with Gasteiger partial charge in [0.05, 0.1) is 6.54 Å². The van der Waals surface area contributed by atoms with Crippen molar-refractivity contribution >= 4 is 11.9 Å². The van der Waals surface area contributed by atoms with Gasteiger partial charge < -0.3 is 5.32 Å². The van der Waals surface area contributed by atoms with E-state index in [1.807, 2.05) is 49.4 Å². The average Bonchev–Trinajstić information content (AvgIpc) is 2.76. The van der Waals surface area contributed by atoms with Crippen molar-refractivity contribution in [2.24, 2.45) is 0 Å². The molecular weight excluding hydrogens is 312 g/mol. The van der Waals surface area contributed by atoms with Gasteiger partial charge in [-0.05, 0) is 54.9 Å². The van der Waals surface area contributed by atoms with Crippen LogP contribution in [-0.4, -0.2) is 16.8 Å². The maximum absolute atomic E-state index is 13.4. The van der Waals surface area contributed by atoms with Gasteiger partial charge in [0, 0.05) is 0 Å². The summed E-state index contributed by atoms with van der Waals surface area (Å²) in [5, 5.41) is 3.04. The highest BCUT2D eigenvalue weighted by Crippen LogP contribution is 2.39. The van der Waals surface area contributed by atoms with E-state index in [-0.39, 0.29) is 11.9 Å². The standard InChI is InChI=1S/C21H22N2O2/c1-15-8-2-3-11-17(15)14-23-19(24)21(22-20(23)25)13-7-6-10-16-9-4-5-12-18(16)21/h2-5,8-9,11-12H,6-7,10,13-14H2,1H3,(H,22,25). The van der Waals surface area contributed by atoms with E-state index < -0.39 is 5.54 Å². The Morgan fingerprint density at radius 3 is 2.64 bits per heavy atom. The Morgan fingerprint density at radius 2 is 1.80 bits per heavy atom. The van der Waals surface area contributed by atoms with Crippen LogP contribution in [0.3, 0.4) is 0 Å². The zero-order valence-electron chi connectivity index (χ0n) is 14.4. The Morgan fingerprint density at radius 1 is 1.04 bits per heavy atom. The summed E-state index contributed by atoms with van der Waals surface area (Å²) in [6.07, 6.45) is 3.59. The van der Waals surface area contributed by atoms with Crippen LogP contribution in [0.2, 0.25) is 0 Å². The van der Waals surface area contributed by atoms with Crippen molar-refractivity contribution < 1.29 is 9.59 Å². The molecule has 1 aliphatic carbocycles. The fourth-order valence-electron chi connectivity index (χ4n) is 4.07. The third-order valence-corrected chi connectivity index (χ3v) is 5.49. The fraction of sp³-hybridized carbons (Fsp3) is 0.333. The first-order valence-corrected chi connectivity index (χ1v) is 8.89. The van der Waals surface area contributed by atoms with Gasteiger partial charge in [0.1, 0.15) is 5.54 Å². The molecule has 0 radical (unpaired) electrons. The Hall–Kier alpha value is -2.62. The number of imide groups is 1. The molecule has 2 aliphatic rings. The number of urea groups is 1. The maximum atomic E-state index is 13.4. The first-order chi connectivity index (χ1) is 12.1. The summed E-state index contributed by atoms with van der Waals surface area (Å²) in [5.41, 5.74) is 3.34. The van der Waals surface area contributed by atoms with Crippen molar-refractivity contribution in [3.05, 3.63) is 70.8 Å². The molecule has 128 valence electrons. The van der Waals surface area contributed by atoms with Crippen LogP contribution in [0.25, 0.3) is 0 Å². The zero-order chi connectivity index (χ0) is 17.4. The maximum Gasteiger partial charge on any atom is 0.325 e. The molecule has 25 heavy (non-hydrogen) atoms. The summed E-state index contributed by atoms with van der Waals surface area (Å²) in [7, 11) is 0. The lowest BCUT2D eigenvalue weighted by Crippen LogP contribution is -2.44. The van der Waals surface area contributed by atoms with Crippen molar-refractivity contribution in [3.63, 3.8) is 0 Å². The smallest absolute Gasteiger partial charge is 0.319 e. The van der Waals surface area contributed by atoms with Crippen LogP contribution in [0.1, 0.15) is 41.5 Å².